The van der Waals surface area contributed by atoms with Crippen molar-refractivity contribution in [1.29, 1.82) is 0 Å². The molecule has 0 spiro atoms. The van der Waals surface area contributed by atoms with E-state index in [0.29, 0.717) is 10.6 Å². The Morgan fingerprint density at radius 2 is 1.27 bits per heavy atom. The van der Waals surface area contributed by atoms with Crippen molar-refractivity contribution in [2.45, 2.75) is 22.3 Å². The summed E-state index contributed by atoms with van der Waals surface area (Å²) in [6, 6.07) is 17.6. The molecule has 0 heterocycles. The molecule has 1 unspecified atom stereocenters. The molecule has 318 valence electrons. The normalized spacial score (nSPS) is 13.2. The Morgan fingerprint density at radius 1 is 0.767 bits per heavy atom. The number of nitrogen functional groups attached to an aromatic ring is 2. The predicted octanol–water partition coefficient (Wildman–Crippen LogP) is 6.16. The van der Waals surface area contributed by atoms with Crippen LogP contribution in [0.3, 0.4) is 0 Å². The number of hydrogen-bond acceptors (Lipinski definition) is 22. The Balaban J connectivity index is 1.68. The zero-order valence-corrected chi connectivity index (χ0v) is 33.4. The molecule has 60 heavy (non-hydrogen) atoms. The van der Waals surface area contributed by atoms with Gasteiger partial charge < -0.3 is 26.5 Å². The molecule has 0 aromatic heterocycles. The van der Waals surface area contributed by atoms with Gasteiger partial charge in [-0.25, -0.2) is 32.0 Å². The Bertz CT molecular complexity index is 2540. The fourth-order valence-corrected chi connectivity index (χ4v) is 6.87. The van der Waals surface area contributed by atoms with E-state index in [-0.39, 0.29) is 38.9 Å². The molecule has 0 saturated carbocycles. The first kappa shape index (κ1) is 46.8. The molecule has 4 aromatic rings. The van der Waals surface area contributed by atoms with Crippen molar-refractivity contribution in [2.24, 2.45) is 36.4 Å². The number of aryl methyl sites for hydroxylation is 1. The van der Waals surface area contributed by atoms with Gasteiger partial charge in [0, 0.05) is 16.9 Å². The highest BCUT2D eigenvalue weighted by Crippen LogP contribution is 2.49. The number of sulfone groups is 1. The van der Waals surface area contributed by atoms with Crippen LogP contribution in [-0.4, -0.2) is 86.6 Å². The number of aromatic carboxylic acids is 1. The molecule has 0 aliphatic rings. The van der Waals surface area contributed by atoms with Crippen LogP contribution in [0.4, 0.5) is 45.5 Å². The molecular formula is C34H35N9O14S3. The zero-order valence-electron chi connectivity index (χ0n) is 31.0. The van der Waals surface area contributed by atoms with Crippen molar-refractivity contribution in [3.63, 3.8) is 0 Å². The van der Waals surface area contributed by atoms with Crippen LogP contribution in [0.25, 0.3) is 0 Å². The van der Waals surface area contributed by atoms with Crippen molar-refractivity contribution >= 4 is 89.7 Å². The van der Waals surface area contributed by atoms with Gasteiger partial charge in [-0.3, -0.25) is 15.1 Å². The first-order valence-electron chi connectivity index (χ1n) is 16.6. The van der Waals surface area contributed by atoms with Gasteiger partial charge in [0.15, 0.2) is 9.84 Å². The molecule has 0 aliphatic carbocycles. The van der Waals surface area contributed by atoms with E-state index in [4.69, 9.17) is 36.5 Å². The molecule has 0 bridgehead atoms. The van der Waals surface area contributed by atoms with Crippen molar-refractivity contribution < 1.29 is 64.7 Å². The standard InChI is InChI=1S/C34H35N9O14S3/c1-20-2-4-22(5-3-20)38-41-30-27(33(45)46)31(42-39-23-6-10-25(11-7-23)58-56-19-34(37,18-55-48)21(16-44)17-54-47)29(36)32(28(30)35)43-40-24-8-12-26(13-9-24)59(49,50)15-14-57-60(51,52)53/h2-13,47-48H,14-15,17-19,35-37H2,1H3,(H,45,46)(H,51,52,53)/b41-38?,42-39?,43-40-. The molecule has 1 atom stereocenters. The van der Waals surface area contributed by atoms with Crippen LogP contribution in [0.2, 0.25) is 0 Å². The van der Waals surface area contributed by atoms with Gasteiger partial charge in [0.05, 0.1) is 57.9 Å². The van der Waals surface area contributed by atoms with Crippen molar-refractivity contribution in [2.75, 3.05) is 43.6 Å². The largest absolute Gasteiger partial charge is 0.478 e. The van der Waals surface area contributed by atoms with Gasteiger partial charge in [0.1, 0.15) is 47.3 Å². The maximum atomic E-state index is 12.7. The summed E-state index contributed by atoms with van der Waals surface area (Å²) < 4.78 is 65.0. The highest BCUT2D eigenvalue weighted by atomic mass is 32.3. The van der Waals surface area contributed by atoms with E-state index in [1.165, 1.54) is 30.2 Å². The fourth-order valence-electron chi connectivity index (χ4n) is 4.73. The Hall–Kier alpha value is -5.87. The molecule has 0 aliphatic heterocycles. The lowest BCUT2D eigenvalue weighted by Gasteiger charge is -2.27. The minimum absolute atomic E-state index is 0.0795. The van der Waals surface area contributed by atoms with Gasteiger partial charge in [0.25, 0.3) is 0 Å². The second-order valence-corrected chi connectivity index (χ2v) is 16.2. The van der Waals surface area contributed by atoms with Crippen molar-refractivity contribution in [3.8, 4) is 0 Å². The lowest BCUT2D eigenvalue weighted by molar-refractivity contribution is -0.257. The van der Waals surface area contributed by atoms with E-state index in [2.05, 4.69) is 44.6 Å². The molecular weight excluding hydrogens is 855 g/mol. The number of azo groups is 3. The second kappa shape index (κ2) is 20.9. The first-order valence-corrected chi connectivity index (χ1v) is 20.4. The fraction of sp³-hybridized carbons (Fsp3) is 0.206. The highest BCUT2D eigenvalue weighted by Gasteiger charge is 2.33. The zero-order chi connectivity index (χ0) is 44.1. The number of nitrogens with two attached hydrogens (primary N) is 3. The maximum Gasteiger partial charge on any atom is 0.397 e. The van der Waals surface area contributed by atoms with E-state index in [0.717, 1.165) is 29.7 Å². The van der Waals surface area contributed by atoms with E-state index in [1.807, 2.05) is 6.92 Å². The van der Waals surface area contributed by atoms with Crippen molar-refractivity contribution in [1.82, 2.24) is 0 Å². The number of rotatable bonds is 21. The van der Waals surface area contributed by atoms with Crippen LogP contribution >= 0.6 is 12.0 Å². The number of hydrogen-bond donors (Lipinski definition) is 7. The Labute approximate surface area is 345 Å². The van der Waals surface area contributed by atoms with Gasteiger partial charge in [-0.05, 0) is 67.6 Å². The summed E-state index contributed by atoms with van der Waals surface area (Å²) in [5, 5.41) is 52.6. The number of nitrogens with zero attached hydrogens (tertiary/aromatic N) is 6. The summed E-state index contributed by atoms with van der Waals surface area (Å²) in [5.41, 5.74) is 16.0. The third-order valence-electron chi connectivity index (χ3n) is 7.88. The van der Waals surface area contributed by atoms with E-state index < -0.39 is 80.9 Å². The number of carbonyl (C=O) groups is 1. The first-order chi connectivity index (χ1) is 28.4. The van der Waals surface area contributed by atoms with Gasteiger partial charge in [-0.2, -0.15) is 23.8 Å². The predicted molar refractivity (Wildman–Crippen MR) is 213 cm³/mol. The summed E-state index contributed by atoms with van der Waals surface area (Å²) in [6.45, 7) is -0.577. The number of carboxylic acid groups (broad SMARTS) is 1. The summed E-state index contributed by atoms with van der Waals surface area (Å²) in [7, 11) is -8.89. The van der Waals surface area contributed by atoms with Crippen LogP contribution in [0.5, 0.6) is 0 Å². The molecule has 0 fully saturated rings. The van der Waals surface area contributed by atoms with Crippen LogP contribution in [0.15, 0.2) is 119 Å². The van der Waals surface area contributed by atoms with Crippen LogP contribution in [-0.2, 0) is 43.2 Å². The molecule has 0 radical (unpaired) electrons. The van der Waals surface area contributed by atoms with Gasteiger partial charge in [-0.1, -0.05) is 17.7 Å². The molecule has 4 rings (SSSR count). The third kappa shape index (κ3) is 12.8. The molecule has 23 nitrogen and oxygen atoms in total. The minimum Gasteiger partial charge on any atom is -0.478 e. The van der Waals surface area contributed by atoms with Gasteiger partial charge in [0.2, 0.25) is 0 Å². The number of carbonyl (C=O) groups excluding carboxylic acids is 1. The maximum absolute atomic E-state index is 12.7. The van der Waals surface area contributed by atoms with Gasteiger partial charge >= 0.3 is 16.4 Å². The lowest BCUT2D eigenvalue weighted by atomic mass is 9.94. The number of anilines is 2. The SMILES string of the molecule is Cc1ccc(N=Nc2c(N)c(/N=N\c3ccc(S(=O)(=O)CCOS(=O)(=O)O)cc3)c(N)c(N=Nc3ccc(SOCC(N)(COO)C(=C=O)COO)cc3)c2C(=O)O)cc1. The monoisotopic (exact) mass is 889 g/mol. The van der Waals surface area contributed by atoms with Crippen LogP contribution < -0.4 is 17.2 Å². The van der Waals surface area contributed by atoms with Crippen molar-refractivity contribution in [3.05, 3.63) is 89.5 Å². The van der Waals surface area contributed by atoms with E-state index >= 15 is 0 Å². The topological polar surface area (TPSA) is 372 Å². The second-order valence-electron chi connectivity index (χ2n) is 12.2. The van der Waals surface area contributed by atoms with E-state index in [9.17, 15) is 31.5 Å². The van der Waals surface area contributed by atoms with E-state index in [1.54, 1.807) is 36.4 Å². The smallest absolute Gasteiger partial charge is 0.397 e. The molecule has 0 amide bonds. The van der Waals surface area contributed by atoms with Crippen LogP contribution in [0.1, 0.15) is 15.9 Å². The summed E-state index contributed by atoms with van der Waals surface area (Å²) >= 11 is 0.814. The Morgan fingerprint density at radius 3 is 1.73 bits per heavy atom. The minimum atomic E-state index is -4.85. The lowest BCUT2D eigenvalue weighted by Crippen LogP contribution is -2.51. The number of carboxylic acids is 1. The molecule has 26 heteroatoms. The molecule has 4 aromatic carbocycles. The summed E-state index contributed by atoms with van der Waals surface area (Å²) in [4.78, 5) is 32.3. The highest BCUT2D eigenvalue weighted by molar-refractivity contribution is 7.94. The summed E-state index contributed by atoms with van der Waals surface area (Å²) in [5.74, 6) is -0.798. The van der Waals surface area contributed by atoms with Crippen LogP contribution in [0, 0.1) is 6.92 Å². The quantitative estimate of drug-likeness (QED) is 0.00936. The van der Waals surface area contributed by atoms with Gasteiger partial charge in [-0.15, -0.1) is 15.3 Å². The average molecular weight is 890 g/mol. The Kier molecular flexibility index (Phi) is 16.3. The average Bonchev–Trinajstić information content (AvgIpc) is 3.19. The number of benzene rings is 4. The summed E-state index contributed by atoms with van der Waals surface area (Å²) in [6.07, 6.45) is 0. The third-order valence-corrected chi connectivity index (χ3v) is 10.7. The molecule has 0 saturated heterocycles. The molecule has 10 N–H and O–H groups in total.